The van der Waals surface area contributed by atoms with Crippen molar-refractivity contribution in [3.8, 4) is 0 Å². The second kappa shape index (κ2) is 8.09. The molecule has 2 fully saturated rings. The first-order valence-corrected chi connectivity index (χ1v) is 11.5. The van der Waals surface area contributed by atoms with Crippen molar-refractivity contribution < 1.29 is 14.4 Å². The molecule has 6 nitrogen and oxygen atoms in total. The van der Waals surface area contributed by atoms with Crippen LogP contribution in [0.25, 0.3) is 10.9 Å². The van der Waals surface area contributed by atoms with Gasteiger partial charge in [-0.25, -0.2) is 14.9 Å². The Kier molecular flexibility index (Phi) is 5.03. The SMILES string of the molecule is O=C1[C@H]2[C@@H](ON(c3ccccc3)[C@H]2c2cc3ccccc3nc2Cl)C(=O)N1c1cccc(Cl)c1. The van der Waals surface area contributed by atoms with Gasteiger partial charge in [0.05, 0.1) is 22.9 Å². The summed E-state index contributed by atoms with van der Waals surface area (Å²) in [5.41, 5.74) is 2.48. The van der Waals surface area contributed by atoms with Gasteiger partial charge in [-0.2, -0.15) is 0 Å². The fraction of sp³-hybridized carbons (Fsp3) is 0.115. The highest BCUT2D eigenvalue weighted by molar-refractivity contribution is 6.32. The smallest absolute Gasteiger partial charge is 0.266 e. The Hall–Kier alpha value is -3.45. The zero-order valence-electron chi connectivity index (χ0n) is 17.6. The van der Waals surface area contributed by atoms with Gasteiger partial charge in [0.2, 0.25) is 5.91 Å². The summed E-state index contributed by atoms with van der Waals surface area (Å²) in [6.07, 6.45) is -1.00. The highest BCUT2D eigenvalue weighted by atomic mass is 35.5. The third kappa shape index (κ3) is 3.26. The molecule has 0 bridgehead atoms. The molecule has 2 aliphatic rings. The number of halogens is 2. The number of imide groups is 1. The normalized spacial score (nSPS) is 22.0. The van der Waals surface area contributed by atoms with Crippen LogP contribution in [-0.4, -0.2) is 22.9 Å². The average molecular weight is 490 g/mol. The minimum Gasteiger partial charge on any atom is -0.273 e. The van der Waals surface area contributed by atoms with E-state index in [9.17, 15) is 9.59 Å². The summed E-state index contributed by atoms with van der Waals surface area (Å²) < 4.78 is 0. The quantitative estimate of drug-likeness (QED) is 0.277. The van der Waals surface area contributed by atoms with Crippen LogP contribution >= 0.6 is 23.2 Å². The summed E-state index contributed by atoms with van der Waals surface area (Å²) in [4.78, 5) is 39.0. The second-order valence-electron chi connectivity index (χ2n) is 8.21. The molecule has 0 spiro atoms. The topological polar surface area (TPSA) is 62.7 Å². The van der Waals surface area contributed by atoms with E-state index in [0.717, 1.165) is 15.8 Å². The van der Waals surface area contributed by atoms with E-state index in [1.165, 1.54) is 0 Å². The van der Waals surface area contributed by atoms with Gasteiger partial charge in [-0.3, -0.25) is 14.4 Å². The molecule has 3 heterocycles. The summed E-state index contributed by atoms with van der Waals surface area (Å²) in [7, 11) is 0. The molecule has 3 atom stereocenters. The summed E-state index contributed by atoms with van der Waals surface area (Å²) in [6.45, 7) is 0. The average Bonchev–Trinajstić information content (AvgIpc) is 3.35. The number of aromatic nitrogens is 1. The molecular weight excluding hydrogens is 473 g/mol. The first-order chi connectivity index (χ1) is 16.5. The Morgan fingerprint density at radius 1 is 0.794 bits per heavy atom. The Morgan fingerprint density at radius 2 is 1.53 bits per heavy atom. The van der Waals surface area contributed by atoms with Gasteiger partial charge in [0.25, 0.3) is 5.91 Å². The van der Waals surface area contributed by atoms with Gasteiger partial charge in [-0.1, -0.05) is 65.7 Å². The molecule has 0 unspecified atom stereocenters. The fourth-order valence-corrected chi connectivity index (χ4v) is 5.16. The molecular formula is C26H17Cl2N3O3. The number of fused-ring (bicyclic) bond motifs is 2. The van der Waals surface area contributed by atoms with Crippen molar-refractivity contribution in [2.45, 2.75) is 12.1 Å². The lowest BCUT2D eigenvalue weighted by atomic mass is 9.90. The van der Waals surface area contributed by atoms with E-state index in [-0.39, 0.29) is 11.1 Å². The molecule has 34 heavy (non-hydrogen) atoms. The van der Waals surface area contributed by atoms with Crippen molar-refractivity contribution >= 4 is 57.3 Å². The van der Waals surface area contributed by atoms with Gasteiger partial charge in [0.1, 0.15) is 11.1 Å². The lowest BCUT2D eigenvalue weighted by molar-refractivity contribution is -0.126. The number of rotatable bonds is 3. The van der Waals surface area contributed by atoms with Crippen LogP contribution in [0.4, 0.5) is 11.4 Å². The van der Waals surface area contributed by atoms with Crippen LogP contribution in [0, 0.1) is 5.92 Å². The molecule has 0 saturated carbocycles. The maximum absolute atomic E-state index is 13.7. The molecule has 168 valence electrons. The number of para-hydroxylation sites is 2. The molecule has 8 heteroatoms. The number of benzene rings is 3. The highest BCUT2D eigenvalue weighted by Crippen LogP contribution is 2.49. The van der Waals surface area contributed by atoms with Crippen LogP contribution in [0.3, 0.4) is 0 Å². The maximum Gasteiger partial charge on any atom is 0.266 e. The molecule has 2 amide bonds. The number of amides is 2. The van der Waals surface area contributed by atoms with Crippen molar-refractivity contribution in [3.05, 3.63) is 101 Å². The number of hydrogen-bond donors (Lipinski definition) is 0. The Morgan fingerprint density at radius 3 is 2.32 bits per heavy atom. The molecule has 6 rings (SSSR count). The van der Waals surface area contributed by atoms with Crippen molar-refractivity contribution in [2.24, 2.45) is 5.92 Å². The van der Waals surface area contributed by atoms with Gasteiger partial charge >= 0.3 is 0 Å². The fourth-order valence-electron chi connectivity index (χ4n) is 4.72. The summed E-state index contributed by atoms with van der Waals surface area (Å²) >= 11 is 12.8. The van der Waals surface area contributed by atoms with Crippen LogP contribution in [0.15, 0.2) is 84.9 Å². The third-order valence-corrected chi connectivity index (χ3v) is 6.75. The van der Waals surface area contributed by atoms with Crippen LogP contribution in [0.2, 0.25) is 10.2 Å². The Labute approximate surface area is 205 Å². The highest BCUT2D eigenvalue weighted by Gasteiger charge is 2.60. The number of carbonyl (C=O) groups excluding carboxylic acids is 2. The summed E-state index contributed by atoms with van der Waals surface area (Å²) in [6, 6.07) is 24.9. The van der Waals surface area contributed by atoms with E-state index in [4.69, 9.17) is 28.0 Å². The zero-order chi connectivity index (χ0) is 23.4. The first kappa shape index (κ1) is 21.1. The van der Waals surface area contributed by atoms with E-state index in [1.807, 2.05) is 60.7 Å². The van der Waals surface area contributed by atoms with Crippen LogP contribution < -0.4 is 9.96 Å². The van der Waals surface area contributed by atoms with Gasteiger partial charge in [-0.15, -0.1) is 0 Å². The van der Waals surface area contributed by atoms with Crippen molar-refractivity contribution in [1.29, 1.82) is 0 Å². The molecule has 0 N–H and O–H groups in total. The predicted molar refractivity (Wildman–Crippen MR) is 131 cm³/mol. The van der Waals surface area contributed by atoms with Gasteiger partial charge in [-0.05, 0) is 42.5 Å². The molecule has 2 saturated heterocycles. The Balaban J connectivity index is 1.50. The summed E-state index contributed by atoms with van der Waals surface area (Å²) in [5, 5.41) is 3.18. The van der Waals surface area contributed by atoms with Crippen molar-refractivity contribution in [1.82, 2.24) is 4.98 Å². The largest absolute Gasteiger partial charge is 0.273 e. The molecule has 1 aromatic heterocycles. The zero-order valence-corrected chi connectivity index (χ0v) is 19.1. The van der Waals surface area contributed by atoms with Crippen LogP contribution in [0.5, 0.6) is 0 Å². The van der Waals surface area contributed by atoms with Gasteiger partial charge in [0, 0.05) is 16.0 Å². The number of nitrogens with zero attached hydrogens (tertiary/aromatic N) is 3. The first-order valence-electron chi connectivity index (χ1n) is 10.7. The molecule has 3 aromatic carbocycles. The molecule has 4 aromatic rings. The lowest BCUT2D eigenvalue weighted by Crippen LogP contribution is -2.37. The van der Waals surface area contributed by atoms with Gasteiger partial charge in [0.15, 0.2) is 6.10 Å². The van der Waals surface area contributed by atoms with E-state index >= 15 is 0 Å². The monoisotopic (exact) mass is 489 g/mol. The van der Waals surface area contributed by atoms with E-state index < -0.39 is 24.0 Å². The Bertz CT molecular complexity index is 1450. The third-order valence-electron chi connectivity index (χ3n) is 6.22. The van der Waals surface area contributed by atoms with E-state index in [1.54, 1.807) is 29.3 Å². The van der Waals surface area contributed by atoms with Crippen molar-refractivity contribution in [2.75, 3.05) is 9.96 Å². The number of hydrogen-bond acceptors (Lipinski definition) is 5. The van der Waals surface area contributed by atoms with E-state index in [0.29, 0.717) is 22.0 Å². The van der Waals surface area contributed by atoms with E-state index in [2.05, 4.69) is 4.98 Å². The number of carbonyl (C=O) groups is 2. The number of hydroxylamine groups is 1. The second-order valence-corrected chi connectivity index (χ2v) is 9.01. The minimum atomic E-state index is -1.00. The molecule has 2 aliphatic heterocycles. The number of anilines is 2. The number of pyridine rings is 1. The summed E-state index contributed by atoms with van der Waals surface area (Å²) in [5.74, 6) is -1.62. The lowest BCUT2D eigenvalue weighted by Gasteiger charge is -2.29. The predicted octanol–water partition coefficient (Wildman–Crippen LogP) is 5.59. The van der Waals surface area contributed by atoms with Crippen LogP contribution in [-0.2, 0) is 14.4 Å². The van der Waals surface area contributed by atoms with Crippen LogP contribution in [0.1, 0.15) is 11.6 Å². The van der Waals surface area contributed by atoms with Gasteiger partial charge < -0.3 is 0 Å². The molecule has 0 radical (unpaired) electrons. The molecule has 0 aliphatic carbocycles. The van der Waals surface area contributed by atoms with Crippen molar-refractivity contribution in [3.63, 3.8) is 0 Å². The maximum atomic E-state index is 13.7. The standard InChI is InChI=1S/C26H17Cl2N3O3/c27-16-8-6-11-18(14-16)30-25(32)21-22(19-13-15-7-4-5-12-20(15)29-24(19)28)31(34-23(21)26(30)33)17-9-2-1-3-10-17/h1-14,21-23H/t21-,22+,23-/m1/s1. The minimum absolute atomic E-state index is 0.260.